The Hall–Kier alpha value is -4.72. The van der Waals surface area contributed by atoms with E-state index in [1.165, 1.54) is 37.7 Å². The number of carbonyl (C=O) groups is 2. The number of nitrogens with one attached hydrogen (secondary N) is 2. The average molecular weight is 791 g/mol. The number of rotatable bonds is 10. The Labute approximate surface area is 349 Å². The van der Waals surface area contributed by atoms with Crippen molar-refractivity contribution in [2.75, 3.05) is 13.6 Å². The Balaban J connectivity index is 1.11. The highest BCUT2D eigenvalue weighted by atomic mass is 16.5. The van der Waals surface area contributed by atoms with E-state index in [0.717, 1.165) is 97.1 Å². The fourth-order valence-electron chi connectivity index (χ4n) is 13.1. The number of allylic oxidation sites excluding steroid dienone is 5. The number of hydrogen-bond donors (Lipinski definition) is 3. The molecule has 3 heterocycles. The summed E-state index contributed by atoms with van der Waals surface area (Å²) >= 11 is 0. The normalized spacial score (nSPS) is 31.3. The first-order chi connectivity index (χ1) is 28.8. The first kappa shape index (κ1) is 38.5. The van der Waals surface area contributed by atoms with Crippen LogP contribution >= 0.6 is 0 Å². The molecule has 4 fully saturated rings. The molecule has 2 saturated heterocycles. The Kier molecular flexibility index (Phi) is 10.0. The average Bonchev–Trinajstić information content (AvgIpc) is 3.97. The SMILES string of the molecule is CCC(C=C1OC(=O)C2=C(c3cc(O)ccc3-c3ccccc3)C3CCC12C1C2=C(CCC31)C(=CCC1(C3CCNC(NC)C3)CCCC1)OC2=O)Cc1ccccc1. The number of carbonyl (C=O) groups excluding carboxylic acids is 2. The molecule has 59 heavy (non-hydrogen) atoms. The van der Waals surface area contributed by atoms with Gasteiger partial charge in [0.05, 0.1) is 17.2 Å². The summed E-state index contributed by atoms with van der Waals surface area (Å²) in [5, 5.41) is 18.2. The predicted octanol–water partition coefficient (Wildman–Crippen LogP) is 10.2. The molecule has 7 heteroatoms. The van der Waals surface area contributed by atoms with Crippen LogP contribution in [-0.4, -0.2) is 36.8 Å². The second-order valence-corrected chi connectivity index (χ2v) is 18.6. The second-order valence-electron chi connectivity index (χ2n) is 18.6. The third-order valence-electron chi connectivity index (χ3n) is 15.9. The van der Waals surface area contributed by atoms with Gasteiger partial charge in [0.1, 0.15) is 17.3 Å². The van der Waals surface area contributed by atoms with E-state index in [1.54, 1.807) is 6.07 Å². The van der Waals surface area contributed by atoms with Gasteiger partial charge in [-0.25, -0.2) is 9.59 Å². The number of aromatic hydroxyl groups is 1. The van der Waals surface area contributed by atoms with Gasteiger partial charge in [0.2, 0.25) is 0 Å². The summed E-state index contributed by atoms with van der Waals surface area (Å²) < 4.78 is 13.0. The van der Waals surface area contributed by atoms with Crippen molar-refractivity contribution in [3.8, 4) is 16.9 Å². The van der Waals surface area contributed by atoms with Crippen LogP contribution in [0.2, 0.25) is 0 Å². The number of piperidine rings is 1. The fourth-order valence-corrected chi connectivity index (χ4v) is 13.1. The molecule has 306 valence electrons. The smallest absolute Gasteiger partial charge is 0.340 e. The Morgan fingerprint density at radius 3 is 2.44 bits per heavy atom. The minimum atomic E-state index is -0.811. The zero-order valence-electron chi connectivity index (χ0n) is 34.6. The molecule has 1 spiro atoms. The van der Waals surface area contributed by atoms with Crippen LogP contribution in [0.3, 0.4) is 0 Å². The lowest BCUT2D eigenvalue weighted by Gasteiger charge is -2.56. The number of benzene rings is 3. The van der Waals surface area contributed by atoms with Gasteiger partial charge < -0.3 is 25.2 Å². The number of ether oxygens (including phenoxy) is 2. The van der Waals surface area contributed by atoms with Gasteiger partial charge in [-0.2, -0.15) is 0 Å². The third kappa shape index (κ3) is 6.37. The van der Waals surface area contributed by atoms with Gasteiger partial charge in [0.15, 0.2) is 0 Å². The fraction of sp³-hybridized carbons (Fsp3) is 0.462. The largest absolute Gasteiger partial charge is 0.508 e. The zero-order valence-corrected chi connectivity index (χ0v) is 34.6. The van der Waals surface area contributed by atoms with Gasteiger partial charge in [-0.1, -0.05) is 86.5 Å². The number of esters is 2. The summed E-state index contributed by atoms with van der Waals surface area (Å²) in [6.45, 7) is 3.23. The van der Waals surface area contributed by atoms with Crippen LogP contribution < -0.4 is 10.6 Å². The van der Waals surface area contributed by atoms with Crippen molar-refractivity contribution in [1.29, 1.82) is 0 Å². The van der Waals surface area contributed by atoms with Crippen LogP contribution in [-0.2, 0) is 25.5 Å². The molecule has 7 nitrogen and oxygen atoms in total. The lowest BCUT2D eigenvalue weighted by Crippen LogP contribution is -2.52. The molecule has 3 aromatic carbocycles. The monoisotopic (exact) mass is 790 g/mol. The summed E-state index contributed by atoms with van der Waals surface area (Å²) in [5.41, 5.74) is 7.09. The summed E-state index contributed by atoms with van der Waals surface area (Å²) in [7, 11) is 2.05. The number of cyclic esters (lactones) is 2. The van der Waals surface area contributed by atoms with Gasteiger partial charge >= 0.3 is 11.9 Å². The molecule has 0 aromatic heterocycles. The summed E-state index contributed by atoms with van der Waals surface area (Å²) in [6, 6.07) is 26.4. The first-order valence-corrected chi connectivity index (χ1v) is 22.5. The van der Waals surface area contributed by atoms with Crippen molar-refractivity contribution in [2.45, 2.75) is 96.6 Å². The molecule has 0 radical (unpaired) electrons. The zero-order chi connectivity index (χ0) is 40.3. The standard InChI is InChI=1S/C52H58N2O5/c1-3-32(28-33-12-6-4-7-13-33)29-43-52-26-20-38(45(48(52)50(57)59-43)41-31-36(55)16-17-37(41)34-14-8-5-9-15-34)39-18-19-40-42(58-49(56)46(40)47(39)52)21-25-51(23-10-11-24-51)35-22-27-54-44(30-35)53-2/h4-9,12-17,21,29,31-32,35,38-39,44,47,53-55H,3,10-11,18-20,22-28,30H2,1-2H3. The third-order valence-corrected chi connectivity index (χ3v) is 15.9. The van der Waals surface area contributed by atoms with E-state index in [1.807, 2.05) is 43.4 Å². The molecular formula is C52H58N2O5. The molecule has 5 aliphatic carbocycles. The molecule has 3 N–H and O–H groups in total. The first-order valence-electron chi connectivity index (χ1n) is 22.5. The lowest BCUT2D eigenvalue weighted by molar-refractivity contribution is -0.135. The number of phenols is 1. The van der Waals surface area contributed by atoms with Gasteiger partial charge in [-0.3, -0.25) is 0 Å². The van der Waals surface area contributed by atoms with E-state index in [0.29, 0.717) is 23.4 Å². The topological polar surface area (TPSA) is 96.9 Å². The van der Waals surface area contributed by atoms with Crippen LogP contribution in [0.1, 0.15) is 95.1 Å². The minimum Gasteiger partial charge on any atom is -0.508 e. The molecule has 7 atom stereocenters. The van der Waals surface area contributed by atoms with Gasteiger partial charge in [-0.15, -0.1) is 0 Å². The summed E-state index contributed by atoms with van der Waals surface area (Å²) in [4.78, 5) is 29.4. The quantitative estimate of drug-likeness (QED) is 0.176. The maximum absolute atomic E-state index is 14.8. The van der Waals surface area contributed by atoms with Crippen molar-refractivity contribution < 1.29 is 24.2 Å². The minimum absolute atomic E-state index is 0.0241. The Morgan fingerprint density at radius 2 is 1.68 bits per heavy atom. The van der Waals surface area contributed by atoms with Crippen LogP contribution in [0.15, 0.2) is 119 Å². The highest BCUT2D eigenvalue weighted by Crippen LogP contribution is 2.72. The number of fused-ring (bicyclic) bond motifs is 1. The summed E-state index contributed by atoms with van der Waals surface area (Å²) in [6.07, 6.45) is 18.0. The lowest BCUT2D eigenvalue weighted by atomic mass is 9.44. The molecule has 2 bridgehead atoms. The van der Waals surface area contributed by atoms with Gasteiger partial charge in [0, 0.05) is 17.1 Å². The second kappa shape index (κ2) is 15.4. The van der Waals surface area contributed by atoms with Gasteiger partial charge in [-0.05, 0) is 165 Å². The van der Waals surface area contributed by atoms with E-state index < -0.39 is 5.41 Å². The van der Waals surface area contributed by atoms with Crippen LogP contribution in [0.25, 0.3) is 16.7 Å². The number of hydrogen-bond acceptors (Lipinski definition) is 7. The molecule has 8 aliphatic rings. The summed E-state index contributed by atoms with van der Waals surface area (Å²) in [5.74, 6) is 1.76. The maximum Gasteiger partial charge on any atom is 0.340 e. The van der Waals surface area contributed by atoms with Gasteiger partial charge in [0.25, 0.3) is 0 Å². The van der Waals surface area contributed by atoms with E-state index in [9.17, 15) is 14.7 Å². The van der Waals surface area contributed by atoms with Crippen molar-refractivity contribution in [1.82, 2.24) is 10.6 Å². The molecule has 3 aromatic rings. The highest BCUT2D eigenvalue weighted by molar-refractivity contribution is 6.07. The van der Waals surface area contributed by atoms with Crippen LogP contribution in [0.4, 0.5) is 0 Å². The van der Waals surface area contributed by atoms with E-state index >= 15 is 0 Å². The predicted molar refractivity (Wildman–Crippen MR) is 230 cm³/mol. The van der Waals surface area contributed by atoms with Crippen LogP contribution in [0, 0.1) is 40.4 Å². The van der Waals surface area contributed by atoms with Crippen molar-refractivity contribution in [3.05, 3.63) is 130 Å². The van der Waals surface area contributed by atoms with Crippen LogP contribution in [0.5, 0.6) is 5.75 Å². The Bertz CT molecular complexity index is 2270. The number of phenolic OH excluding ortho intramolecular Hbond substituents is 1. The molecular weight excluding hydrogens is 733 g/mol. The molecule has 2 saturated carbocycles. The Morgan fingerprint density at radius 1 is 0.898 bits per heavy atom. The molecule has 7 unspecified atom stereocenters. The molecule has 11 rings (SSSR count). The maximum atomic E-state index is 14.8. The van der Waals surface area contributed by atoms with E-state index in [-0.39, 0.29) is 46.8 Å². The van der Waals surface area contributed by atoms with E-state index in [4.69, 9.17) is 9.47 Å². The van der Waals surface area contributed by atoms with Crippen molar-refractivity contribution in [2.24, 2.45) is 40.4 Å². The highest BCUT2D eigenvalue weighted by Gasteiger charge is 2.68. The molecule has 3 aliphatic heterocycles. The molecule has 0 amide bonds. The van der Waals surface area contributed by atoms with E-state index in [2.05, 4.69) is 66.1 Å². The van der Waals surface area contributed by atoms with Crippen molar-refractivity contribution in [3.63, 3.8) is 0 Å². The van der Waals surface area contributed by atoms with Crippen molar-refractivity contribution >= 4 is 17.5 Å².